The third-order valence-electron chi connectivity index (χ3n) is 5.19. The second-order valence-corrected chi connectivity index (χ2v) is 7.89. The number of alkyl halides is 1. The fourth-order valence-electron chi connectivity index (χ4n) is 3.40. The monoisotopic (exact) mass is 447 g/mol. The number of nitrogens with zero attached hydrogens (tertiary/aromatic N) is 5. The molecular formula is C21H20ClF2N5O2. The van der Waals surface area contributed by atoms with Crippen LogP contribution in [-0.4, -0.2) is 44.7 Å². The number of anilines is 1. The minimum absolute atomic E-state index is 0.0409. The molecular weight excluding hydrogens is 428 g/mol. The molecule has 4 rings (SSSR count). The SMILES string of the molecule is C[C@H](Cc1ncc(F)c(N2C(=O)OC[C@@H]2[C@@H](C)F)n1)c1cnn(-c2ccc(Cl)cc2)c1. The van der Waals surface area contributed by atoms with Crippen LogP contribution >= 0.6 is 11.6 Å². The summed E-state index contributed by atoms with van der Waals surface area (Å²) in [4.78, 5) is 21.2. The fourth-order valence-corrected chi connectivity index (χ4v) is 3.52. The van der Waals surface area contributed by atoms with Crippen molar-refractivity contribution in [3.8, 4) is 5.69 Å². The molecule has 0 bridgehead atoms. The van der Waals surface area contributed by atoms with E-state index in [-0.39, 0.29) is 18.3 Å². The summed E-state index contributed by atoms with van der Waals surface area (Å²) in [7, 11) is 0. The number of benzene rings is 1. The van der Waals surface area contributed by atoms with Crippen molar-refractivity contribution >= 4 is 23.5 Å². The summed E-state index contributed by atoms with van der Waals surface area (Å²) in [6.07, 6.45) is 2.77. The summed E-state index contributed by atoms with van der Waals surface area (Å²) in [5.74, 6) is -0.795. The Balaban J connectivity index is 1.54. The highest BCUT2D eigenvalue weighted by molar-refractivity contribution is 6.30. The number of ether oxygens (including phenoxy) is 1. The Hall–Kier alpha value is -3.07. The van der Waals surface area contributed by atoms with Gasteiger partial charge < -0.3 is 4.74 Å². The van der Waals surface area contributed by atoms with E-state index in [1.54, 1.807) is 23.0 Å². The average molecular weight is 448 g/mol. The van der Waals surface area contributed by atoms with Crippen molar-refractivity contribution in [3.63, 3.8) is 0 Å². The zero-order chi connectivity index (χ0) is 22.1. The average Bonchev–Trinajstić information content (AvgIpc) is 3.37. The highest BCUT2D eigenvalue weighted by Gasteiger charge is 2.40. The molecule has 3 aromatic rings. The number of hydrogen-bond donors (Lipinski definition) is 0. The molecule has 2 aromatic heterocycles. The van der Waals surface area contributed by atoms with Gasteiger partial charge in [-0.15, -0.1) is 0 Å². The van der Waals surface area contributed by atoms with Crippen LogP contribution in [0.3, 0.4) is 0 Å². The maximum atomic E-state index is 14.4. The van der Waals surface area contributed by atoms with E-state index in [0.717, 1.165) is 22.3 Å². The Morgan fingerprint density at radius 1 is 1.26 bits per heavy atom. The van der Waals surface area contributed by atoms with Crippen molar-refractivity contribution in [3.05, 3.63) is 65.1 Å². The van der Waals surface area contributed by atoms with Gasteiger partial charge in [0, 0.05) is 17.6 Å². The van der Waals surface area contributed by atoms with E-state index in [2.05, 4.69) is 15.1 Å². The maximum absolute atomic E-state index is 14.4. The fraction of sp³-hybridized carbons (Fsp3) is 0.333. The van der Waals surface area contributed by atoms with E-state index < -0.39 is 24.1 Å². The van der Waals surface area contributed by atoms with Crippen molar-refractivity contribution in [2.75, 3.05) is 11.5 Å². The van der Waals surface area contributed by atoms with Gasteiger partial charge in [-0.3, -0.25) is 0 Å². The molecule has 0 spiro atoms. The molecule has 1 aromatic carbocycles. The Morgan fingerprint density at radius 2 is 2.00 bits per heavy atom. The molecule has 1 fully saturated rings. The number of aromatic nitrogens is 4. The highest BCUT2D eigenvalue weighted by Crippen LogP contribution is 2.28. The van der Waals surface area contributed by atoms with Crippen LogP contribution in [0.4, 0.5) is 19.4 Å². The van der Waals surface area contributed by atoms with E-state index in [4.69, 9.17) is 16.3 Å². The predicted molar refractivity (Wildman–Crippen MR) is 111 cm³/mol. The molecule has 0 radical (unpaired) electrons. The molecule has 0 aliphatic carbocycles. The van der Waals surface area contributed by atoms with Crippen LogP contribution < -0.4 is 4.90 Å². The summed E-state index contributed by atoms with van der Waals surface area (Å²) in [6, 6.07) is 6.35. The van der Waals surface area contributed by atoms with Crippen LogP contribution in [0, 0.1) is 5.82 Å². The van der Waals surface area contributed by atoms with Gasteiger partial charge in [-0.05, 0) is 42.7 Å². The number of hydrogen-bond acceptors (Lipinski definition) is 5. The smallest absolute Gasteiger partial charge is 0.416 e. The first-order chi connectivity index (χ1) is 14.8. The lowest BCUT2D eigenvalue weighted by Gasteiger charge is -2.22. The Labute approximate surface area is 182 Å². The number of carbonyl (C=O) groups excluding carboxylic acids is 1. The summed E-state index contributed by atoms with van der Waals surface area (Å²) in [6.45, 7) is 3.10. The van der Waals surface area contributed by atoms with Crippen LogP contribution in [0.2, 0.25) is 5.02 Å². The van der Waals surface area contributed by atoms with E-state index in [1.807, 2.05) is 25.3 Å². The molecule has 0 unspecified atom stereocenters. The lowest BCUT2D eigenvalue weighted by Crippen LogP contribution is -2.40. The topological polar surface area (TPSA) is 73.1 Å². The summed E-state index contributed by atoms with van der Waals surface area (Å²) >= 11 is 5.93. The number of cyclic esters (lactones) is 1. The Bertz CT molecular complexity index is 1090. The second-order valence-electron chi connectivity index (χ2n) is 7.45. The minimum atomic E-state index is -1.40. The van der Waals surface area contributed by atoms with Gasteiger partial charge in [-0.2, -0.15) is 5.10 Å². The largest absolute Gasteiger partial charge is 0.447 e. The molecule has 3 atom stereocenters. The predicted octanol–water partition coefficient (Wildman–Crippen LogP) is 4.48. The number of amides is 1. The van der Waals surface area contributed by atoms with E-state index in [9.17, 15) is 13.6 Å². The molecule has 162 valence electrons. The molecule has 1 amide bonds. The van der Waals surface area contributed by atoms with Crippen molar-refractivity contribution < 1.29 is 18.3 Å². The van der Waals surface area contributed by atoms with Crippen LogP contribution in [0.5, 0.6) is 0 Å². The second kappa shape index (κ2) is 8.58. The minimum Gasteiger partial charge on any atom is -0.447 e. The molecule has 0 N–H and O–H groups in total. The van der Waals surface area contributed by atoms with Gasteiger partial charge in [-0.25, -0.2) is 33.1 Å². The van der Waals surface area contributed by atoms with Crippen molar-refractivity contribution in [2.24, 2.45) is 0 Å². The molecule has 3 heterocycles. The Morgan fingerprint density at radius 3 is 2.71 bits per heavy atom. The first-order valence-electron chi connectivity index (χ1n) is 9.75. The number of rotatable bonds is 6. The number of halogens is 3. The molecule has 1 aliphatic heterocycles. The third-order valence-corrected chi connectivity index (χ3v) is 5.44. The number of carbonyl (C=O) groups is 1. The van der Waals surface area contributed by atoms with Gasteiger partial charge in [0.25, 0.3) is 0 Å². The molecule has 10 heteroatoms. The lowest BCUT2D eigenvalue weighted by atomic mass is 10.0. The summed E-state index contributed by atoms with van der Waals surface area (Å²) in [5.41, 5.74) is 1.79. The molecule has 1 saturated heterocycles. The standard InChI is InChI=1S/C21H20ClF2N5O2/c1-12(14-8-26-28(10-14)16-5-3-15(22)4-6-16)7-19-25-9-17(24)20(27-19)29-18(13(2)23)11-31-21(29)30/h3-6,8-10,12-13,18H,7,11H2,1-2H3/t12-,13-,18-/m1/s1. The van der Waals surface area contributed by atoms with E-state index in [0.29, 0.717) is 17.3 Å². The zero-order valence-corrected chi connectivity index (χ0v) is 17.6. The van der Waals surface area contributed by atoms with Gasteiger partial charge in [0.15, 0.2) is 11.6 Å². The van der Waals surface area contributed by atoms with Crippen LogP contribution in [0.1, 0.15) is 31.2 Å². The highest BCUT2D eigenvalue weighted by atomic mass is 35.5. The van der Waals surface area contributed by atoms with Gasteiger partial charge in [0.05, 0.1) is 18.1 Å². The normalized spacial score (nSPS) is 18.2. The molecule has 7 nitrogen and oxygen atoms in total. The summed E-state index contributed by atoms with van der Waals surface area (Å²) in [5, 5.41) is 5.01. The lowest BCUT2D eigenvalue weighted by molar-refractivity contribution is 0.174. The molecule has 1 aliphatic rings. The third kappa shape index (κ3) is 4.36. The zero-order valence-electron chi connectivity index (χ0n) is 16.9. The van der Waals surface area contributed by atoms with Crippen LogP contribution in [-0.2, 0) is 11.2 Å². The van der Waals surface area contributed by atoms with Gasteiger partial charge in [-0.1, -0.05) is 18.5 Å². The van der Waals surface area contributed by atoms with Crippen molar-refractivity contribution in [1.29, 1.82) is 0 Å². The first kappa shape index (κ1) is 21.2. The quantitative estimate of drug-likeness (QED) is 0.557. The summed E-state index contributed by atoms with van der Waals surface area (Å²) < 4.78 is 34.9. The van der Waals surface area contributed by atoms with E-state index >= 15 is 0 Å². The van der Waals surface area contributed by atoms with Crippen molar-refractivity contribution in [1.82, 2.24) is 19.7 Å². The van der Waals surface area contributed by atoms with Gasteiger partial charge >= 0.3 is 6.09 Å². The van der Waals surface area contributed by atoms with Gasteiger partial charge in [0.2, 0.25) is 0 Å². The van der Waals surface area contributed by atoms with Crippen molar-refractivity contribution in [2.45, 2.75) is 38.4 Å². The van der Waals surface area contributed by atoms with Gasteiger partial charge in [0.1, 0.15) is 24.6 Å². The maximum Gasteiger partial charge on any atom is 0.416 e. The van der Waals surface area contributed by atoms with Crippen LogP contribution in [0.25, 0.3) is 5.69 Å². The molecule has 0 saturated carbocycles. The molecule has 31 heavy (non-hydrogen) atoms. The van der Waals surface area contributed by atoms with E-state index in [1.165, 1.54) is 6.92 Å². The van der Waals surface area contributed by atoms with Crippen LogP contribution in [0.15, 0.2) is 42.9 Å². The Kier molecular flexibility index (Phi) is 5.86. The first-order valence-corrected chi connectivity index (χ1v) is 10.1.